The van der Waals surface area contributed by atoms with E-state index in [4.69, 9.17) is 19.5 Å². The summed E-state index contributed by atoms with van der Waals surface area (Å²) in [7, 11) is 0. The predicted molar refractivity (Wildman–Crippen MR) is 164 cm³/mol. The van der Waals surface area contributed by atoms with E-state index in [1.807, 2.05) is 24.4 Å². The zero-order chi connectivity index (χ0) is 28.4. The van der Waals surface area contributed by atoms with Crippen LogP contribution in [-0.2, 0) is 25.8 Å². The molecule has 1 saturated carbocycles. The number of aryl methyl sites for hydroxylation is 3. The number of aromatic nitrogens is 2. The van der Waals surface area contributed by atoms with E-state index in [1.165, 1.54) is 30.2 Å². The third-order valence-corrected chi connectivity index (χ3v) is 8.96. The minimum atomic E-state index is -0.286. The molecule has 1 aliphatic heterocycles. The van der Waals surface area contributed by atoms with Crippen molar-refractivity contribution >= 4 is 27.8 Å². The summed E-state index contributed by atoms with van der Waals surface area (Å²) in [4.78, 5) is 9.90. The van der Waals surface area contributed by atoms with E-state index in [0.29, 0.717) is 17.4 Å². The molecule has 0 bridgehead atoms. The molecular weight excluding hydrogens is 701 g/mol. The van der Waals surface area contributed by atoms with Crippen molar-refractivity contribution in [2.45, 2.75) is 77.9 Å². The van der Waals surface area contributed by atoms with E-state index in [2.05, 4.69) is 87.7 Å². The Bertz CT molecular complexity index is 1860. The summed E-state index contributed by atoms with van der Waals surface area (Å²) >= 11 is 0. The number of hydrogen-bond acceptors (Lipinski definition) is 4. The topological polar surface area (TPSA) is 48.6 Å². The Morgan fingerprint density at radius 3 is 2.43 bits per heavy atom. The summed E-state index contributed by atoms with van der Waals surface area (Å²) in [5.74, 6) is 1.92. The summed E-state index contributed by atoms with van der Waals surface area (Å²) in [6.07, 6.45) is 7.50. The number of aliphatic imine (C=N–C) groups is 1. The minimum Gasteiger partial charge on any atom is -0.512 e. The molecule has 42 heavy (non-hydrogen) atoms. The molecule has 216 valence electrons. The molecule has 2 aromatic heterocycles. The average molecular weight is 737 g/mol. The van der Waals surface area contributed by atoms with E-state index >= 15 is 0 Å². The first-order valence-corrected chi connectivity index (χ1v) is 14.6. The Morgan fingerprint density at radius 2 is 1.60 bits per heavy atom. The van der Waals surface area contributed by atoms with Crippen LogP contribution in [0.3, 0.4) is 0 Å². The van der Waals surface area contributed by atoms with E-state index < -0.39 is 0 Å². The van der Waals surface area contributed by atoms with Gasteiger partial charge in [0.05, 0.1) is 11.1 Å². The zero-order valence-electron chi connectivity index (χ0n) is 24.8. The van der Waals surface area contributed by atoms with Crippen molar-refractivity contribution in [2.24, 2.45) is 4.99 Å². The number of ether oxygens (including phenoxy) is 2. The average Bonchev–Trinajstić information content (AvgIpc) is 3.33. The van der Waals surface area contributed by atoms with Gasteiger partial charge in [-0.3, -0.25) is 4.99 Å². The zero-order valence-corrected chi connectivity index (χ0v) is 27.1. The van der Waals surface area contributed by atoms with E-state index in [9.17, 15) is 0 Å². The van der Waals surface area contributed by atoms with Gasteiger partial charge in [-0.2, -0.15) is 5.56 Å². The monoisotopic (exact) mass is 736 g/mol. The molecule has 0 spiro atoms. The number of pyridine rings is 1. The first-order chi connectivity index (χ1) is 19.7. The van der Waals surface area contributed by atoms with Gasteiger partial charge in [0.15, 0.2) is 0 Å². The Labute approximate surface area is 262 Å². The van der Waals surface area contributed by atoms with Crippen molar-refractivity contribution < 1.29 is 30.5 Å². The van der Waals surface area contributed by atoms with Gasteiger partial charge >= 0.3 is 21.1 Å². The Hall–Kier alpha value is -3.43. The van der Waals surface area contributed by atoms with Crippen LogP contribution in [0.15, 0.2) is 65.8 Å². The van der Waals surface area contributed by atoms with Crippen LogP contribution in [0.25, 0.3) is 27.6 Å². The smallest absolute Gasteiger partial charge is 0.512 e. The van der Waals surface area contributed by atoms with Crippen molar-refractivity contribution in [3.63, 3.8) is 0 Å². The SMILES string of the molecule is Cc1cc(Oc2[c-]c(-n3c4ccc(C)cc4c4cccnc43)cc(C)c2)[c-]c(C2=N[C@]3(C)CCCCC[C@]3(C)O2)c1.[Pt+2]. The summed E-state index contributed by atoms with van der Waals surface area (Å²) in [5.41, 5.74) is 6.58. The second-order valence-electron chi connectivity index (χ2n) is 12.3. The molecule has 5 nitrogen and oxygen atoms in total. The molecule has 3 aromatic carbocycles. The van der Waals surface area contributed by atoms with Crippen LogP contribution >= 0.6 is 0 Å². The maximum atomic E-state index is 6.60. The van der Waals surface area contributed by atoms with Crippen LogP contribution in [0.4, 0.5) is 0 Å². The first-order valence-electron chi connectivity index (χ1n) is 14.6. The number of hydrogen-bond donors (Lipinski definition) is 0. The molecule has 0 amide bonds. The van der Waals surface area contributed by atoms with Crippen LogP contribution < -0.4 is 4.74 Å². The molecule has 0 unspecified atom stereocenters. The second-order valence-corrected chi connectivity index (χ2v) is 12.3. The van der Waals surface area contributed by atoms with Gasteiger partial charge in [0, 0.05) is 28.5 Å². The van der Waals surface area contributed by atoms with Gasteiger partial charge in [-0.05, 0) is 64.3 Å². The van der Waals surface area contributed by atoms with Crippen LogP contribution in [0.5, 0.6) is 11.5 Å². The van der Waals surface area contributed by atoms with Crippen molar-refractivity contribution in [1.82, 2.24) is 9.55 Å². The quantitative estimate of drug-likeness (QED) is 0.174. The Morgan fingerprint density at radius 1 is 0.833 bits per heavy atom. The molecule has 1 aliphatic carbocycles. The summed E-state index contributed by atoms with van der Waals surface area (Å²) in [5, 5.41) is 2.30. The van der Waals surface area contributed by atoms with Crippen molar-refractivity contribution in [2.75, 3.05) is 0 Å². The van der Waals surface area contributed by atoms with Gasteiger partial charge in [0.25, 0.3) is 0 Å². The summed E-state index contributed by atoms with van der Waals surface area (Å²) < 4.78 is 15.2. The van der Waals surface area contributed by atoms with Crippen molar-refractivity contribution in [3.05, 3.63) is 95.2 Å². The molecular formula is C36H35N3O2Pt. The molecule has 2 atom stereocenters. The number of nitrogens with zero attached hydrogens (tertiary/aromatic N) is 3. The maximum absolute atomic E-state index is 6.60. The fourth-order valence-corrected chi connectivity index (χ4v) is 6.56. The molecule has 3 heterocycles. The van der Waals surface area contributed by atoms with Gasteiger partial charge in [0.1, 0.15) is 17.1 Å². The molecule has 0 N–H and O–H groups in total. The van der Waals surface area contributed by atoms with Gasteiger partial charge < -0.3 is 14.0 Å². The molecule has 2 aliphatic rings. The van der Waals surface area contributed by atoms with Gasteiger partial charge in [-0.15, -0.1) is 29.8 Å². The molecule has 0 radical (unpaired) electrons. The Kier molecular flexibility index (Phi) is 7.30. The van der Waals surface area contributed by atoms with E-state index in [1.54, 1.807) is 0 Å². The van der Waals surface area contributed by atoms with E-state index in [-0.39, 0.29) is 32.2 Å². The van der Waals surface area contributed by atoms with Gasteiger partial charge in [0.2, 0.25) is 0 Å². The molecule has 0 saturated heterocycles. The van der Waals surface area contributed by atoms with E-state index in [0.717, 1.165) is 51.8 Å². The predicted octanol–water partition coefficient (Wildman–Crippen LogP) is 8.75. The normalized spacial score (nSPS) is 21.8. The fourth-order valence-electron chi connectivity index (χ4n) is 6.56. The van der Waals surface area contributed by atoms with Crippen molar-refractivity contribution in [1.29, 1.82) is 0 Å². The number of benzene rings is 3. The van der Waals surface area contributed by atoms with Crippen LogP contribution in [-0.4, -0.2) is 26.6 Å². The molecule has 6 heteroatoms. The van der Waals surface area contributed by atoms with Gasteiger partial charge in [-0.1, -0.05) is 61.7 Å². The third kappa shape index (κ3) is 4.86. The largest absolute Gasteiger partial charge is 2.00 e. The second kappa shape index (κ2) is 10.7. The standard InChI is InChI=1S/C36H35N3O2.Pt/c1-23-11-12-32-31(20-23)30-10-9-15-37-33(30)39(32)27-17-25(3)19-29(22-27)40-28-18-24(2)16-26(21-28)34-38-35(4)13-7-6-8-14-36(35,5)41-34;/h9-12,15-20H,6-8,13-14H2,1-5H3;/q-2;+2/t35-,36+;/m1./s1. The van der Waals surface area contributed by atoms with Crippen LogP contribution in [0.1, 0.15) is 68.2 Å². The van der Waals surface area contributed by atoms with Crippen LogP contribution in [0.2, 0.25) is 0 Å². The molecule has 5 aromatic rings. The fraction of sp³-hybridized carbons (Fsp3) is 0.333. The van der Waals surface area contributed by atoms with Gasteiger partial charge in [-0.25, -0.2) is 4.98 Å². The number of rotatable bonds is 4. The summed E-state index contributed by atoms with van der Waals surface area (Å²) in [6.45, 7) is 10.7. The number of fused-ring (bicyclic) bond motifs is 4. The molecule has 7 rings (SSSR count). The summed E-state index contributed by atoms with van der Waals surface area (Å²) in [6, 6.07) is 25.8. The minimum absolute atomic E-state index is 0. The Balaban J connectivity index is 0.00000316. The first kappa shape index (κ1) is 28.7. The third-order valence-electron chi connectivity index (χ3n) is 8.96. The van der Waals surface area contributed by atoms with Crippen molar-refractivity contribution in [3.8, 4) is 17.2 Å². The maximum Gasteiger partial charge on any atom is 2.00 e. The van der Waals surface area contributed by atoms with Crippen LogP contribution in [0, 0.1) is 32.9 Å². The molecule has 1 fully saturated rings.